The second kappa shape index (κ2) is 6.20. The van der Waals surface area contributed by atoms with Crippen molar-refractivity contribution < 1.29 is 14.3 Å². The van der Waals surface area contributed by atoms with E-state index >= 15 is 0 Å². The maximum absolute atomic E-state index is 12.7. The van der Waals surface area contributed by atoms with Gasteiger partial charge < -0.3 is 21.5 Å². The molecule has 1 aliphatic carbocycles. The molecule has 2 amide bonds. The summed E-state index contributed by atoms with van der Waals surface area (Å²) in [5, 5.41) is 7.49. The molecule has 4 rings (SSSR count). The molecule has 2 atom stereocenters. The number of amides is 2. The van der Waals surface area contributed by atoms with E-state index < -0.39 is 17.4 Å². The van der Waals surface area contributed by atoms with Crippen LogP contribution >= 0.6 is 0 Å². The molecule has 3 heterocycles. The molecule has 0 saturated heterocycles. The van der Waals surface area contributed by atoms with E-state index in [9.17, 15) is 9.59 Å². The Kier molecular flexibility index (Phi) is 3.96. The Bertz CT molecular complexity index is 941. The highest BCUT2D eigenvalue weighted by atomic mass is 16.5. The Morgan fingerprint density at radius 1 is 1.41 bits per heavy atom. The van der Waals surface area contributed by atoms with Crippen LogP contribution in [0.1, 0.15) is 27.3 Å². The SMILES string of the molecule is COCc1nn2c(c1C(N)=O)NC=CC2(C(N)=O)C1Cc2cccnc2C1. The summed E-state index contributed by atoms with van der Waals surface area (Å²) in [4.78, 5) is 29.2. The van der Waals surface area contributed by atoms with E-state index in [0.29, 0.717) is 24.4 Å². The van der Waals surface area contributed by atoms with Crippen molar-refractivity contribution in [1.29, 1.82) is 0 Å². The van der Waals surface area contributed by atoms with Gasteiger partial charge in [0.1, 0.15) is 17.1 Å². The first-order chi connectivity index (χ1) is 13.0. The van der Waals surface area contributed by atoms with E-state index in [1.54, 1.807) is 18.5 Å². The van der Waals surface area contributed by atoms with Gasteiger partial charge in [-0.3, -0.25) is 14.6 Å². The van der Waals surface area contributed by atoms with Gasteiger partial charge >= 0.3 is 0 Å². The van der Waals surface area contributed by atoms with Crippen LogP contribution in [0, 0.1) is 5.92 Å². The highest BCUT2D eigenvalue weighted by Gasteiger charge is 2.50. The Morgan fingerprint density at radius 2 is 2.22 bits per heavy atom. The number of nitrogens with two attached hydrogens (primary N) is 2. The van der Waals surface area contributed by atoms with Crippen LogP contribution in [0.5, 0.6) is 0 Å². The van der Waals surface area contributed by atoms with Crippen LogP contribution in [0.2, 0.25) is 0 Å². The first-order valence-corrected chi connectivity index (χ1v) is 8.57. The molecule has 27 heavy (non-hydrogen) atoms. The van der Waals surface area contributed by atoms with Crippen LogP contribution in [0.4, 0.5) is 5.82 Å². The number of anilines is 1. The minimum absolute atomic E-state index is 0.0846. The standard InChI is InChI=1S/C18H20N6O3/c1-27-9-13-14(15(19)25)16-22-6-4-18(17(20)26,24(16)23-13)11-7-10-3-2-5-21-12(10)8-11/h2-6,11,22H,7-9H2,1H3,(H2,19,25)(H2,20,26). The van der Waals surface area contributed by atoms with E-state index in [2.05, 4.69) is 15.4 Å². The van der Waals surface area contributed by atoms with Crippen LogP contribution < -0.4 is 16.8 Å². The van der Waals surface area contributed by atoms with Crippen molar-refractivity contribution in [2.75, 3.05) is 12.4 Å². The Hall–Kier alpha value is -3.20. The fraction of sp³-hybridized carbons (Fsp3) is 0.333. The predicted molar refractivity (Wildman–Crippen MR) is 96.5 cm³/mol. The maximum atomic E-state index is 12.7. The van der Waals surface area contributed by atoms with Crippen LogP contribution in [0.15, 0.2) is 30.6 Å². The number of aromatic nitrogens is 3. The molecule has 0 bridgehead atoms. The smallest absolute Gasteiger partial charge is 0.254 e. The minimum atomic E-state index is -1.24. The van der Waals surface area contributed by atoms with Crippen LogP contribution in [0.3, 0.4) is 0 Å². The number of fused-ring (bicyclic) bond motifs is 2. The molecule has 0 aromatic carbocycles. The van der Waals surface area contributed by atoms with Gasteiger partial charge in [0.05, 0.1) is 6.61 Å². The number of primary amides is 2. The fourth-order valence-corrected chi connectivity index (χ4v) is 4.10. The maximum Gasteiger partial charge on any atom is 0.254 e. The van der Waals surface area contributed by atoms with Gasteiger partial charge in [-0.05, 0) is 30.5 Å². The van der Waals surface area contributed by atoms with Gasteiger partial charge in [-0.1, -0.05) is 6.07 Å². The number of carbonyl (C=O) groups is 2. The van der Waals surface area contributed by atoms with Gasteiger partial charge in [-0.25, -0.2) is 4.68 Å². The van der Waals surface area contributed by atoms with Crippen LogP contribution in [0.25, 0.3) is 0 Å². The second-order valence-corrected chi connectivity index (χ2v) is 6.76. The summed E-state index contributed by atoms with van der Waals surface area (Å²) in [6, 6.07) is 3.87. The summed E-state index contributed by atoms with van der Waals surface area (Å²) in [7, 11) is 1.50. The van der Waals surface area contributed by atoms with E-state index in [-0.39, 0.29) is 18.1 Å². The summed E-state index contributed by atoms with van der Waals surface area (Å²) < 4.78 is 6.63. The predicted octanol–water partition coefficient (Wildman–Crippen LogP) is 0.0582. The van der Waals surface area contributed by atoms with E-state index in [1.807, 2.05) is 12.1 Å². The Morgan fingerprint density at radius 3 is 2.89 bits per heavy atom. The van der Waals surface area contributed by atoms with Crippen molar-refractivity contribution in [3.05, 3.63) is 53.1 Å². The largest absolute Gasteiger partial charge is 0.378 e. The molecule has 140 valence electrons. The zero-order valence-corrected chi connectivity index (χ0v) is 14.8. The van der Waals surface area contributed by atoms with Crippen molar-refractivity contribution in [1.82, 2.24) is 14.8 Å². The number of ether oxygens (including phenoxy) is 1. The average Bonchev–Trinajstić information content (AvgIpc) is 3.22. The topological polar surface area (TPSA) is 138 Å². The molecule has 2 aliphatic rings. The molecule has 0 radical (unpaired) electrons. The number of hydrogen-bond donors (Lipinski definition) is 3. The molecule has 2 aromatic heterocycles. The first kappa shape index (κ1) is 17.2. The molecule has 0 saturated carbocycles. The molecule has 9 heteroatoms. The Balaban J connectivity index is 1.88. The lowest BCUT2D eigenvalue weighted by molar-refractivity contribution is -0.127. The molecule has 1 aliphatic heterocycles. The molecular weight excluding hydrogens is 348 g/mol. The highest BCUT2D eigenvalue weighted by molar-refractivity contribution is 6.00. The molecule has 2 aromatic rings. The number of pyridine rings is 1. The van der Waals surface area contributed by atoms with Crippen molar-refractivity contribution in [3.63, 3.8) is 0 Å². The van der Waals surface area contributed by atoms with Gasteiger partial charge in [0.2, 0.25) is 5.91 Å². The van der Waals surface area contributed by atoms with Crippen molar-refractivity contribution >= 4 is 17.6 Å². The van der Waals surface area contributed by atoms with Crippen LogP contribution in [-0.4, -0.2) is 33.7 Å². The van der Waals surface area contributed by atoms with E-state index in [0.717, 1.165) is 11.3 Å². The normalized spacial score (nSPS) is 22.8. The molecule has 0 spiro atoms. The quantitative estimate of drug-likeness (QED) is 0.682. The Labute approximate surface area is 155 Å². The lowest BCUT2D eigenvalue weighted by Gasteiger charge is -2.37. The van der Waals surface area contributed by atoms with Gasteiger partial charge in [0.25, 0.3) is 5.91 Å². The summed E-state index contributed by atoms with van der Waals surface area (Å²) in [6.45, 7) is 0.0846. The van der Waals surface area contributed by atoms with Crippen molar-refractivity contribution in [3.8, 4) is 0 Å². The fourth-order valence-electron chi connectivity index (χ4n) is 4.10. The van der Waals surface area contributed by atoms with Gasteiger partial charge in [-0.2, -0.15) is 5.10 Å². The van der Waals surface area contributed by atoms with Gasteiger partial charge in [0, 0.05) is 31.1 Å². The first-order valence-electron chi connectivity index (χ1n) is 8.57. The molecule has 2 unspecified atom stereocenters. The van der Waals surface area contributed by atoms with Crippen molar-refractivity contribution in [2.45, 2.75) is 25.0 Å². The highest BCUT2D eigenvalue weighted by Crippen LogP contribution is 2.42. The number of carbonyl (C=O) groups excluding carboxylic acids is 2. The third-order valence-corrected chi connectivity index (χ3v) is 5.30. The third-order valence-electron chi connectivity index (χ3n) is 5.30. The monoisotopic (exact) mass is 368 g/mol. The number of hydrogen-bond acceptors (Lipinski definition) is 6. The average molecular weight is 368 g/mol. The number of nitrogens with zero attached hydrogens (tertiary/aromatic N) is 3. The minimum Gasteiger partial charge on any atom is -0.378 e. The molecule has 5 N–H and O–H groups in total. The van der Waals surface area contributed by atoms with Gasteiger partial charge in [0.15, 0.2) is 5.54 Å². The summed E-state index contributed by atoms with van der Waals surface area (Å²) in [5.41, 5.74) is 12.8. The zero-order chi connectivity index (χ0) is 19.2. The summed E-state index contributed by atoms with van der Waals surface area (Å²) in [6.07, 6.45) is 6.25. The van der Waals surface area contributed by atoms with E-state index in [4.69, 9.17) is 16.2 Å². The second-order valence-electron chi connectivity index (χ2n) is 6.76. The number of methoxy groups -OCH3 is 1. The molecule has 0 fully saturated rings. The summed E-state index contributed by atoms with van der Waals surface area (Å²) >= 11 is 0. The molecule has 9 nitrogen and oxygen atoms in total. The van der Waals surface area contributed by atoms with E-state index in [1.165, 1.54) is 11.8 Å². The third kappa shape index (κ3) is 2.42. The summed E-state index contributed by atoms with van der Waals surface area (Å²) in [5.74, 6) is -1.05. The lowest BCUT2D eigenvalue weighted by Crippen LogP contribution is -2.53. The van der Waals surface area contributed by atoms with Gasteiger partial charge in [-0.15, -0.1) is 0 Å². The zero-order valence-electron chi connectivity index (χ0n) is 14.8. The molecular formula is C18H20N6O3. The number of rotatable bonds is 5. The lowest BCUT2D eigenvalue weighted by atomic mass is 9.80. The van der Waals surface area contributed by atoms with Crippen LogP contribution in [-0.2, 0) is 34.5 Å². The van der Waals surface area contributed by atoms with Crippen molar-refractivity contribution in [2.24, 2.45) is 17.4 Å². The number of nitrogens with one attached hydrogen (secondary N) is 1.